The zero-order chi connectivity index (χ0) is 22.8. The summed E-state index contributed by atoms with van der Waals surface area (Å²) >= 11 is 1.47. The van der Waals surface area contributed by atoms with Crippen LogP contribution in [0.25, 0.3) is 0 Å². The van der Waals surface area contributed by atoms with Gasteiger partial charge in [-0.15, -0.1) is 11.3 Å². The van der Waals surface area contributed by atoms with Gasteiger partial charge in [0.15, 0.2) is 5.78 Å². The zero-order valence-corrected chi connectivity index (χ0v) is 19.0. The predicted octanol–water partition coefficient (Wildman–Crippen LogP) is 4.10. The van der Waals surface area contributed by atoms with Crippen LogP contribution in [0.5, 0.6) is 0 Å². The van der Waals surface area contributed by atoms with E-state index < -0.39 is 23.8 Å². The van der Waals surface area contributed by atoms with Crippen LogP contribution in [-0.4, -0.2) is 24.8 Å². The normalized spacial score (nSPS) is 22.8. The summed E-state index contributed by atoms with van der Waals surface area (Å²) < 4.78 is 10.6. The monoisotopic (exact) mass is 451 g/mol. The number of rotatable bonds is 5. The highest BCUT2D eigenvalue weighted by Gasteiger charge is 2.47. The van der Waals surface area contributed by atoms with Crippen molar-refractivity contribution in [1.82, 2.24) is 5.32 Å². The molecule has 1 aliphatic carbocycles. The van der Waals surface area contributed by atoms with Crippen LogP contribution in [0.1, 0.15) is 36.6 Å². The number of ether oxygens (including phenoxy) is 2. The molecule has 0 fully saturated rings. The number of nitrogens with one attached hydrogen (secondary N) is 1. The van der Waals surface area contributed by atoms with Crippen LogP contribution in [0.15, 0.2) is 70.4 Å². The summed E-state index contributed by atoms with van der Waals surface area (Å²) in [6.45, 7) is 3.83. The number of methoxy groups -OCH3 is 1. The molecule has 1 aromatic carbocycles. The van der Waals surface area contributed by atoms with Gasteiger partial charge in [0.25, 0.3) is 0 Å². The molecule has 2 heterocycles. The third-order valence-corrected chi connectivity index (χ3v) is 6.94. The van der Waals surface area contributed by atoms with E-state index in [4.69, 9.17) is 9.47 Å². The van der Waals surface area contributed by atoms with Crippen molar-refractivity contribution in [1.29, 1.82) is 0 Å². The van der Waals surface area contributed by atoms with Gasteiger partial charge in [-0.05, 0) is 36.3 Å². The zero-order valence-electron chi connectivity index (χ0n) is 18.2. The minimum atomic E-state index is -0.886. The van der Waals surface area contributed by atoms with Gasteiger partial charge in [-0.1, -0.05) is 43.3 Å². The molecule has 1 N–H and O–H groups in total. The van der Waals surface area contributed by atoms with Gasteiger partial charge in [0.1, 0.15) is 12.5 Å². The number of allylic oxidation sites excluding steroid dienone is 3. The molecule has 32 heavy (non-hydrogen) atoms. The van der Waals surface area contributed by atoms with Crippen LogP contribution in [0, 0.1) is 11.8 Å². The first-order chi connectivity index (χ1) is 15.4. The molecule has 6 nitrogen and oxygen atoms in total. The molecule has 0 radical (unpaired) electrons. The molecule has 1 aliphatic heterocycles. The van der Waals surface area contributed by atoms with E-state index in [9.17, 15) is 14.4 Å². The van der Waals surface area contributed by atoms with Crippen molar-refractivity contribution in [3.05, 3.63) is 80.8 Å². The maximum atomic E-state index is 13.6. The van der Waals surface area contributed by atoms with Gasteiger partial charge >= 0.3 is 11.9 Å². The van der Waals surface area contributed by atoms with Crippen molar-refractivity contribution in [3.8, 4) is 0 Å². The Bertz CT molecular complexity index is 1100. The molecule has 0 unspecified atom stereocenters. The van der Waals surface area contributed by atoms with Crippen LogP contribution in [0.3, 0.4) is 0 Å². The fourth-order valence-electron chi connectivity index (χ4n) is 4.49. The van der Waals surface area contributed by atoms with Crippen LogP contribution in [-0.2, 0) is 30.5 Å². The SMILES string of the molecule is COC(=O)[C@H]1C(=O)C2=C(C[C@H]1C)NC(C)=C(C(=O)OCc1ccccc1)[C@H]2c1cccs1. The smallest absolute Gasteiger partial charge is 0.337 e. The molecular formula is C25H25NO5S. The first-order valence-corrected chi connectivity index (χ1v) is 11.4. The number of Topliss-reactive ketones (excluding diaryl/α,β-unsaturated/α-hetero) is 1. The van der Waals surface area contributed by atoms with Crippen LogP contribution >= 0.6 is 11.3 Å². The van der Waals surface area contributed by atoms with E-state index in [1.807, 2.05) is 61.7 Å². The maximum absolute atomic E-state index is 13.6. The van der Waals surface area contributed by atoms with E-state index in [1.54, 1.807) is 0 Å². The largest absolute Gasteiger partial charge is 0.468 e. The molecule has 1 aromatic heterocycles. The number of esters is 2. The predicted molar refractivity (Wildman–Crippen MR) is 120 cm³/mol. The summed E-state index contributed by atoms with van der Waals surface area (Å²) in [5.41, 5.74) is 3.16. The summed E-state index contributed by atoms with van der Waals surface area (Å²) in [6.07, 6.45) is 0.520. The average molecular weight is 452 g/mol. The van der Waals surface area contributed by atoms with Crippen molar-refractivity contribution in [3.63, 3.8) is 0 Å². The molecule has 0 spiro atoms. The van der Waals surface area contributed by atoms with Gasteiger partial charge in [0, 0.05) is 21.8 Å². The molecule has 2 aromatic rings. The summed E-state index contributed by atoms with van der Waals surface area (Å²) in [5.74, 6) is -2.99. The standard InChI is InChI=1S/C25H25NO5S/c1-14-12-17-21(23(27)19(14)24(28)30-3)22(18-10-7-11-32-18)20(15(2)26-17)25(29)31-13-16-8-5-4-6-9-16/h4-11,14,19,22,26H,12-13H2,1-3H3/t14-,19-,22-/m1/s1. The van der Waals surface area contributed by atoms with Gasteiger partial charge in [0.2, 0.25) is 0 Å². The van der Waals surface area contributed by atoms with E-state index in [0.717, 1.165) is 16.1 Å². The quantitative estimate of drug-likeness (QED) is 0.544. The molecular weight excluding hydrogens is 426 g/mol. The Hall–Kier alpha value is -3.19. The molecule has 166 valence electrons. The number of ketones is 1. The first kappa shape index (κ1) is 22.0. The molecule has 2 aliphatic rings. The maximum Gasteiger partial charge on any atom is 0.337 e. The fourth-order valence-corrected chi connectivity index (χ4v) is 5.34. The minimum absolute atomic E-state index is 0.134. The number of hydrogen-bond acceptors (Lipinski definition) is 7. The number of carbonyl (C=O) groups excluding carboxylic acids is 3. The van der Waals surface area contributed by atoms with E-state index in [2.05, 4.69) is 5.32 Å². The fraction of sp³-hybridized carbons (Fsp3) is 0.320. The topological polar surface area (TPSA) is 81.7 Å². The molecule has 0 saturated carbocycles. The Balaban J connectivity index is 1.72. The van der Waals surface area contributed by atoms with Crippen molar-refractivity contribution in [2.75, 3.05) is 7.11 Å². The lowest BCUT2D eigenvalue weighted by atomic mass is 9.70. The molecule has 0 amide bonds. The molecule has 7 heteroatoms. The highest BCUT2D eigenvalue weighted by Crippen LogP contribution is 2.46. The van der Waals surface area contributed by atoms with Crippen LogP contribution in [0.2, 0.25) is 0 Å². The van der Waals surface area contributed by atoms with Gasteiger partial charge in [-0.25, -0.2) is 4.79 Å². The molecule has 3 atom stereocenters. The van der Waals surface area contributed by atoms with Crippen molar-refractivity contribution < 1.29 is 23.9 Å². The minimum Gasteiger partial charge on any atom is -0.468 e. The van der Waals surface area contributed by atoms with E-state index in [1.165, 1.54) is 18.4 Å². The van der Waals surface area contributed by atoms with Gasteiger partial charge < -0.3 is 14.8 Å². The van der Waals surface area contributed by atoms with E-state index >= 15 is 0 Å². The summed E-state index contributed by atoms with van der Waals surface area (Å²) in [7, 11) is 1.29. The number of thiophene rings is 1. The van der Waals surface area contributed by atoms with Crippen LogP contribution in [0.4, 0.5) is 0 Å². The van der Waals surface area contributed by atoms with Gasteiger partial charge in [-0.3, -0.25) is 9.59 Å². The second kappa shape index (κ2) is 9.12. The molecule has 0 bridgehead atoms. The van der Waals surface area contributed by atoms with Crippen molar-refractivity contribution in [2.24, 2.45) is 11.8 Å². The lowest BCUT2D eigenvalue weighted by Crippen LogP contribution is -2.43. The number of hydrogen-bond donors (Lipinski definition) is 1. The third-order valence-electron chi connectivity index (χ3n) is 6.00. The lowest BCUT2D eigenvalue weighted by Gasteiger charge is -2.37. The summed E-state index contributed by atoms with van der Waals surface area (Å²) in [4.78, 5) is 40.1. The van der Waals surface area contributed by atoms with Gasteiger partial charge in [-0.2, -0.15) is 0 Å². The number of dihydropyridines is 1. The average Bonchev–Trinajstić information content (AvgIpc) is 3.31. The Morgan fingerprint density at radius 3 is 2.56 bits per heavy atom. The Kier molecular flexibility index (Phi) is 6.28. The van der Waals surface area contributed by atoms with E-state index in [0.29, 0.717) is 23.3 Å². The Morgan fingerprint density at radius 2 is 1.91 bits per heavy atom. The van der Waals surface area contributed by atoms with E-state index in [-0.39, 0.29) is 18.3 Å². The van der Waals surface area contributed by atoms with Crippen LogP contribution < -0.4 is 5.32 Å². The number of carbonyl (C=O) groups is 3. The first-order valence-electron chi connectivity index (χ1n) is 10.5. The van der Waals surface area contributed by atoms with Crippen molar-refractivity contribution in [2.45, 2.75) is 32.8 Å². The highest BCUT2D eigenvalue weighted by molar-refractivity contribution is 7.10. The van der Waals surface area contributed by atoms with Crippen molar-refractivity contribution >= 4 is 29.1 Å². The Morgan fingerprint density at radius 1 is 1.16 bits per heavy atom. The molecule has 4 rings (SSSR count). The number of benzene rings is 1. The Labute approximate surface area is 190 Å². The highest BCUT2D eigenvalue weighted by atomic mass is 32.1. The molecule has 0 saturated heterocycles. The van der Waals surface area contributed by atoms with Gasteiger partial charge in [0.05, 0.1) is 18.6 Å². The summed E-state index contributed by atoms with van der Waals surface area (Å²) in [5, 5.41) is 5.18. The second-order valence-corrected chi connectivity index (χ2v) is 9.09. The third kappa shape index (κ3) is 4.00. The summed E-state index contributed by atoms with van der Waals surface area (Å²) in [6, 6.07) is 13.2. The lowest BCUT2D eigenvalue weighted by molar-refractivity contribution is -0.151. The second-order valence-electron chi connectivity index (χ2n) is 8.11.